The van der Waals surface area contributed by atoms with E-state index in [9.17, 15) is 18.0 Å². The van der Waals surface area contributed by atoms with Crippen molar-refractivity contribution in [1.82, 2.24) is 9.97 Å². The molecule has 2 aromatic heterocycles. The number of aryl methyl sites for hydroxylation is 2. The van der Waals surface area contributed by atoms with Crippen LogP contribution in [0.15, 0.2) is 30.6 Å². The van der Waals surface area contributed by atoms with Crippen LogP contribution in [0.2, 0.25) is 0 Å². The molecule has 0 bridgehead atoms. The molecule has 142 valence electrons. The predicted molar refractivity (Wildman–Crippen MR) is 94.1 cm³/mol. The van der Waals surface area contributed by atoms with Gasteiger partial charge in [-0.2, -0.15) is 0 Å². The van der Waals surface area contributed by atoms with Crippen LogP contribution in [0.25, 0.3) is 10.2 Å². The van der Waals surface area contributed by atoms with Gasteiger partial charge in [-0.05, 0) is 43.7 Å². The summed E-state index contributed by atoms with van der Waals surface area (Å²) in [5.41, 5.74) is 1.31. The summed E-state index contributed by atoms with van der Waals surface area (Å²) in [6, 6.07) is 4.81. The third kappa shape index (κ3) is 4.64. The molecule has 0 aliphatic carbocycles. The van der Waals surface area contributed by atoms with Gasteiger partial charge in [0.25, 0.3) is 5.91 Å². The fraction of sp³-hybridized carbons (Fsp3) is 0.235. The summed E-state index contributed by atoms with van der Waals surface area (Å²) in [6.07, 6.45) is -3.40. The largest absolute Gasteiger partial charge is 0.573 e. The number of amides is 1. The number of anilines is 1. The van der Waals surface area contributed by atoms with Crippen LogP contribution in [0, 0.1) is 13.8 Å². The van der Waals surface area contributed by atoms with E-state index in [0.29, 0.717) is 11.6 Å². The van der Waals surface area contributed by atoms with E-state index in [1.54, 1.807) is 0 Å². The molecule has 6 nitrogen and oxygen atoms in total. The van der Waals surface area contributed by atoms with Gasteiger partial charge >= 0.3 is 6.36 Å². The highest BCUT2D eigenvalue weighted by molar-refractivity contribution is 7.18. The fourth-order valence-corrected chi connectivity index (χ4v) is 3.32. The molecule has 2 heterocycles. The van der Waals surface area contributed by atoms with E-state index < -0.39 is 12.3 Å². The quantitative estimate of drug-likeness (QED) is 0.698. The molecule has 10 heteroatoms. The SMILES string of the molecule is Cc1sc2ncnc(OCC(=O)Nc3ccc(OC(F)(F)F)cc3)c2c1C. The molecular weight excluding hydrogens is 383 g/mol. The topological polar surface area (TPSA) is 73.3 Å². The monoisotopic (exact) mass is 397 g/mol. The summed E-state index contributed by atoms with van der Waals surface area (Å²) in [6.45, 7) is 3.58. The van der Waals surface area contributed by atoms with Crippen LogP contribution in [0.3, 0.4) is 0 Å². The Balaban J connectivity index is 1.62. The predicted octanol–water partition coefficient (Wildman–Crippen LogP) is 4.22. The van der Waals surface area contributed by atoms with Gasteiger partial charge in [0, 0.05) is 10.6 Å². The Kier molecular flexibility index (Phi) is 5.17. The van der Waals surface area contributed by atoms with Crippen LogP contribution in [-0.4, -0.2) is 28.8 Å². The molecule has 0 atom stereocenters. The molecule has 27 heavy (non-hydrogen) atoms. The zero-order chi connectivity index (χ0) is 19.6. The second-order valence-corrected chi connectivity index (χ2v) is 6.75. The molecule has 0 aliphatic rings. The van der Waals surface area contributed by atoms with Crippen molar-refractivity contribution in [2.45, 2.75) is 20.2 Å². The highest BCUT2D eigenvalue weighted by atomic mass is 32.1. The fourth-order valence-electron chi connectivity index (χ4n) is 2.33. The van der Waals surface area contributed by atoms with Crippen molar-refractivity contribution in [3.63, 3.8) is 0 Å². The molecule has 0 saturated heterocycles. The summed E-state index contributed by atoms with van der Waals surface area (Å²) < 4.78 is 45.7. The Morgan fingerprint density at radius 1 is 1.19 bits per heavy atom. The van der Waals surface area contributed by atoms with Gasteiger partial charge in [0.2, 0.25) is 5.88 Å². The first-order valence-corrected chi connectivity index (χ1v) is 8.54. The van der Waals surface area contributed by atoms with Crippen molar-refractivity contribution in [2.75, 3.05) is 11.9 Å². The van der Waals surface area contributed by atoms with Gasteiger partial charge in [-0.25, -0.2) is 9.97 Å². The van der Waals surface area contributed by atoms with E-state index in [4.69, 9.17) is 4.74 Å². The number of hydrogen-bond donors (Lipinski definition) is 1. The van der Waals surface area contributed by atoms with Crippen LogP contribution in [0.4, 0.5) is 18.9 Å². The minimum Gasteiger partial charge on any atom is -0.467 e. The van der Waals surface area contributed by atoms with E-state index >= 15 is 0 Å². The van der Waals surface area contributed by atoms with E-state index in [-0.39, 0.29) is 12.4 Å². The second-order valence-electron chi connectivity index (χ2n) is 5.55. The number of nitrogens with zero attached hydrogens (tertiary/aromatic N) is 2. The summed E-state index contributed by atoms with van der Waals surface area (Å²) in [5, 5.41) is 3.29. The minimum atomic E-state index is -4.76. The lowest BCUT2D eigenvalue weighted by molar-refractivity contribution is -0.274. The third-order valence-corrected chi connectivity index (χ3v) is 4.76. The number of thiophene rings is 1. The Labute approximate surface area is 156 Å². The van der Waals surface area contributed by atoms with Gasteiger partial charge in [0.1, 0.15) is 16.9 Å². The van der Waals surface area contributed by atoms with Crippen LogP contribution >= 0.6 is 11.3 Å². The number of halogens is 3. The lowest BCUT2D eigenvalue weighted by Crippen LogP contribution is -2.20. The van der Waals surface area contributed by atoms with E-state index in [2.05, 4.69) is 20.0 Å². The summed E-state index contributed by atoms with van der Waals surface area (Å²) >= 11 is 1.51. The van der Waals surface area contributed by atoms with Gasteiger partial charge in [-0.1, -0.05) is 0 Å². The number of carbonyl (C=O) groups is 1. The average Bonchev–Trinajstić information content (AvgIpc) is 2.88. The number of carbonyl (C=O) groups excluding carboxylic acids is 1. The van der Waals surface area contributed by atoms with Crippen LogP contribution in [0.1, 0.15) is 10.4 Å². The van der Waals surface area contributed by atoms with E-state index in [0.717, 1.165) is 32.8 Å². The van der Waals surface area contributed by atoms with E-state index in [1.165, 1.54) is 29.8 Å². The lowest BCUT2D eigenvalue weighted by atomic mass is 10.2. The van der Waals surface area contributed by atoms with Crippen LogP contribution < -0.4 is 14.8 Å². The zero-order valence-corrected chi connectivity index (χ0v) is 15.1. The highest BCUT2D eigenvalue weighted by Gasteiger charge is 2.30. The molecule has 1 aromatic carbocycles. The molecule has 0 fully saturated rings. The van der Waals surface area contributed by atoms with Crippen molar-refractivity contribution in [2.24, 2.45) is 0 Å². The lowest BCUT2D eigenvalue weighted by Gasteiger charge is -2.10. The van der Waals surface area contributed by atoms with Crippen LogP contribution in [-0.2, 0) is 4.79 Å². The Morgan fingerprint density at radius 3 is 2.56 bits per heavy atom. The molecule has 1 N–H and O–H groups in total. The molecule has 0 aliphatic heterocycles. The third-order valence-electron chi connectivity index (χ3n) is 3.64. The Bertz CT molecular complexity index is 971. The van der Waals surface area contributed by atoms with Gasteiger partial charge in [-0.3, -0.25) is 4.79 Å². The maximum Gasteiger partial charge on any atom is 0.573 e. The molecule has 3 aromatic rings. The number of benzene rings is 1. The standard InChI is InChI=1S/C17H14F3N3O3S/c1-9-10(2)27-16-14(9)15(21-8-22-16)25-7-13(24)23-11-3-5-12(6-4-11)26-17(18,19)20/h3-6,8H,7H2,1-2H3,(H,23,24). The Hall–Kier alpha value is -2.88. The number of rotatable bonds is 5. The van der Waals surface area contributed by atoms with Gasteiger partial charge in [0.05, 0.1) is 5.39 Å². The molecular formula is C17H14F3N3O3S. The average molecular weight is 397 g/mol. The number of alkyl halides is 3. The number of nitrogens with one attached hydrogen (secondary N) is 1. The summed E-state index contributed by atoms with van der Waals surface area (Å²) in [7, 11) is 0. The van der Waals surface area contributed by atoms with Crippen molar-refractivity contribution >= 4 is 33.1 Å². The zero-order valence-electron chi connectivity index (χ0n) is 14.3. The van der Waals surface area contributed by atoms with Crippen molar-refractivity contribution < 1.29 is 27.4 Å². The molecule has 0 radical (unpaired) electrons. The Morgan fingerprint density at radius 2 is 1.89 bits per heavy atom. The number of aromatic nitrogens is 2. The maximum atomic E-state index is 12.1. The van der Waals surface area contributed by atoms with Crippen molar-refractivity contribution in [3.05, 3.63) is 41.0 Å². The highest BCUT2D eigenvalue weighted by Crippen LogP contribution is 2.33. The second kappa shape index (κ2) is 7.39. The van der Waals surface area contributed by atoms with Crippen molar-refractivity contribution in [3.8, 4) is 11.6 Å². The normalized spacial score (nSPS) is 11.4. The molecule has 0 saturated carbocycles. The van der Waals surface area contributed by atoms with Crippen molar-refractivity contribution in [1.29, 1.82) is 0 Å². The minimum absolute atomic E-state index is 0.304. The molecule has 0 spiro atoms. The first kappa shape index (κ1) is 18.9. The molecule has 3 rings (SSSR count). The smallest absolute Gasteiger partial charge is 0.467 e. The molecule has 1 amide bonds. The summed E-state index contributed by atoms with van der Waals surface area (Å²) in [4.78, 5) is 22.2. The first-order chi connectivity index (χ1) is 12.7. The first-order valence-electron chi connectivity index (χ1n) is 7.72. The van der Waals surface area contributed by atoms with Crippen LogP contribution in [0.5, 0.6) is 11.6 Å². The number of hydrogen-bond acceptors (Lipinski definition) is 6. The summed E-state index contributed by atoms with van der Waals surface area (Å²) in [5.74, 6) is -0.537. The van der Waals surface area contributed by atoms with Gasteiger partial charge < -0.3 is 14.8 Å². The van der Waals surface area contributed by atoms with Gasteiger partial charge in [0.15, 0.2) is 6.61 Å². The number of ether oxygens (including phenoxy) is 2. The molecule has 0 unspecified atom stereocenters. The maximum absolute atomic E-state index is 12.1. The van der Waals surface area contributed by atoms with E-state index in [1.807, 2.05) is 13.8 Å². The number of fused-ring (bicyclic) bond motifs is 1. The van der Waals surface area contributed by atoms with Gasteiger partial charge in [-0.15, -0.1) is 24.5 Å².